The van der Waals surface area contributed by atoms with Crippen LogP contribution in [0.2, 0.25) is 0 Å². The van der Waals surface area contributed by atoms with Gasteiger partial charge in [-0.2, -0.15) is 0 Å². The SMILES string of the molecule is CCN1C[C@]2(COC)CC[C@H](OC)[C@]34C1[C@@H]([C@H](OC)[C@H]23)[C@@]1(OC(C)=O)C[C@H](OC)[C@@]2(O)C[C@@H]4[C@@H]1[C@H]2OC(=O)c1ccc(OC)cc1. The third-order valence-corrected chi connectivity index (χ3v) is 13.3. The number of fused-ring (bicyclic) bond motifs is 2. The van der Waals surface area contributed by atoms with Gasteiger partial charge in [0.15, 0.2) is 0 Å². The second kappa shape index (κ2) is 11.1. The Labute approximate surface area is 271 Å². The van der Waals surface area contributed by atoms with Gasteiger partial charge in [0.05, 0.1) is 37.6 Å². The van der Waals surface area contributed by atoms with Gasteiger partial charge in [0.25, 0.3) is 0 Å². The average molecular weight is 644 g/mol. The third-order valence-electron chi connectivity index (χ3n) is 13.3. The van der Waals surface area contributed by atoms with Crippen molar-refractivity contribution in [1.29, 1.82) is 0 Å². The molecule has 1 saturated heterocycles. The molecule has 1 unspecified atom stereocenters. The van der Waals surface area contributed by atoms with Crippen LogP contribution in [0.25, 0.3) is 0 Å². The number of hydrogen-bond donors (Lipinski definition) is 1. The monoisotopic (exact) mass is 643 g/mol. The number of piperidine rings is 1. The molecule has 1 N–H and O–H groups in total. The topological polar surface area (TPSA) is 122 Å². The zero-order valence-electron chi connectivity index (χ0n) is 28.0. The van der Waals surface area contributed by atoms with Crippen LogP contribution in [-0.2, 0) is 33.2 Å². The third kappa shape index (κ3) is 3.87. The maximum absolute atomic E-state index is 13.9. The molecule has 46 heavy (non-hydrogen) atoms. The van der Waals surface area contributed by atoms with Crippen LogP contribution in [0.3, 0.4) is 0 Å². The van der Waals surface area contributed by atoms with Crippen molar-refractivity contribution in [3.63, 3.8) is 0 Å². The number of aliphatic hydroxyl groups is 1. The van der Waals surface area contributed by atoms with Crippen molar-refractivity contribution in [2.45, 2.75) is 81.2 Å². The first-order valence-corrected chi connectivity index (χ1v) is 16.6. The van der Waals surface area contributed by atoms with Crippen LogP contribution in [0.4, 0.5) is 0 Å². The number of esters is 2. The number of carbonyl (C=O) groups excluding carboxylic acids is 2. The number of likely N-dealkylation sites (tertiary alicyclic amines) is 1. The number of ether oxygens (including phenoxy) is 7. The van der Waals surface area contributed by atoms with Crippen LogP contribution in [0.5, 0.6) is 5.75 Å². The van der Waals surface area contributed by atoms with E-state index in [-0.39, 0.29) is 47.8 Å². The summed E-state index contributed by atoms with van der Waals surface area (Å²) in [7, 11) is 8.44. The quantitative estimate of drug-likeness (QED) is 0.379. The number of rotatable bonds is 10. The van der Waals surface area contributed by atoms with Gasteiger partial charge in [-0.05, 0) is 56.0 Å². The minimum Gasteiger partial charge on any atom is -0.497 e. The number of carbonyl (C=O) groups is 2. The lowest BCUT2D eigenvalue weighted by Gasteiger charge is -2.69. The smallest absolute Gasteiger partial charge is 0.338 e. The molecule has 0 aromatic heterocycles. The number of benzene rings is 1. The average Bonchev–Trinajstić information content (AvgIpc) is 3.42. The van der Waals surface area contributed by atoms with Gasteiger partial charge in [-0.3, -0.25) is 9.69 Å². The van der Waals surface area contributed by atoms with E-state index in [1.165, 1.54) is 6.92 Å². The van der Waals surface area contributed by atoms with Gasteiger partial charge in [-0.15, -0.1) is 0 Å². The first kappa shape index (κ1) is 32.3. The fraction of sp³-hybridized carbons (Fsp3) is 0.771. The van der Waals surface area contributed by atoms with Gasteiger partial charge in [-0.1, -0.05) is 6.92 Å². The van der Waals surface area contributed by atoms with Crippen LogP contribution >= 0.6 is 0 Å². The molecule has 11 nitrogen and oxygen atoms in total. The molecule has 5 aliphatic carbocycles. The van der Waals surface area contributed by atoms with Gasteiger partial charge in [0.2, 0.25) is 0 Å². The maximum Gasteiger partial charge on any atom is 0.338 e. The molecule has 7 bridgehead atoms. The van der Waals surface area contributed by atoms with E-state index in [1.807, 2.05) is 0 Å². The second-order valence-electron chi connectivity index (χ2n) is 14.6. The summed E-state index contributed by atoms with van der Waals surface area (Å²) in [6.07, 6.45) is 0.142. The Bertz CT molecular complexity index is 1360. The summed E-state index contributed by atoms with van der Waals surface area (Å²) in [5.74, 6) is -1.38. The summed E-state index contributed by atoms with van der Waals surface area (Å²) in [5.41, 5.74) is -3.03. The predicted octanol–water partition coefficient (Wildman–Crippen LogP) is 2.72. The molecule has 1 heterocycles. The summed E-state index contributed by atoms with van der Waals surface area (Å²) >= 11 is 0. The second-order valence-corrected chi connectivity index (χ2v) is 14.6. The zero-order valence-corrected chi connectivity index (χ0v) is 28.0. The van der Waals surface area contributed by atoms with Gasteiger partial charge in [0.1, 0.15) is 23.1 Å². The zero-order chi connectivity index (χ0) is 32.8. The highest BCUT2D eigenvalue weighted by Gasteiger charge is 2.89. The largest absolute Gasteiger partial charge is 0.497 e. The van der Waals surface area contributed by atoms with Crippen LogP contribution < -0.4 is 4.74 Å². The lowest BCUT2D eigenvalue weighted by atomic mass is 9.43. The first-order chi connectivity index (χ1) is 22.1. The minimum absolute atomic E-state index is 0.00534. The summed E-state index contributed by atoms with van der Waals surface area (Å²) < 4.78 is 43.6. The fourth-order valence-corrected chi connectivity index (χ4v) is 12.4. The Balaban J connectivity index is 1.46. The predicted molar refractivity (Wildman–Crippen MR) is 164 cm³/mol. The molecule has 1 aliphatic heterocycles. The van der Waals surface area contributed by atoms with E-state index < -0.39 is 46.7 Å². The normalized spacial score (nSPS) is 46.6. The Kier molecular flexibility index (Phi) is 7.81. The molecular weight excluding hydrogens is 594 g/mol. The van der Waals surface area contributed by atoms with Crippen molar-refractivity contribution in [1.82, 2.24) is 4.90 Å². The molecule has 1 spiro atoms. The highest BCUT2D eigenvalue weighted by Crippen LogP contribution is 2.80. The molecule has 1 aromatic carbocycles. The standard InChI is InChI=1S/C35H49NO10/c1-8-36-17-32(18-40-3)14-13-23(42-5)35-22-15-33(39)24(43-6)16-34(46-19(2)37,26(29(35)36)27(44-7)28(32)35)25(22)30(33)45-31(38)20-9-11-21(41-4)12-10-20/h9-12,22-30,39H,8,13-18H2,1-7H3/t22-,23+,24+,25-,26-,27+,28-,29?,30-,32+,33+,34-,35+/m1/s1. The van der Waals surface area contributed by atoms with E-state index >= 15 is 0 Å². The lowest BCUT2D eigenvalue weighted by Crippen LogP contribution is -2.77. The van der Waals surface area contributed by atoms with Crippen molar-refractivity contribution in [2.75, 3.05) is 55.2 Å². The Morgan fingerprint density at radius 3 is 2.28 bits per heavy atom. The molecular formula is C35H49NO10. The Hall–Kier alpha value is -2.28. The molecule has 7 rings (SSSR count). The maximum atomic E-state index is 13.9. The van der Waals surface area contributed by atoms with Gasteiger partial charge in [-0.25, -0.2) is 4.79 Å². The molecule has 0 amide bonds. The van der Waals surface area contributed by atoms with E-state index in [9.17, 15) is 14.7 Å². The summed E-state index contributed by atoms with van der Waals surface area (Å²) in [6, 6.07) is 6.66. The van der Waals surface area contributed by atoms with Crippen LogP contribution in [0, 0.1) is 34.5 Å². The number of methoxy groups -OCH3 is 5. The van der Waals surface area contributed by atoms with Crippen molar-refractivity contribution < 1.29 is 47.9 Å². The van der Waals surface area contributed by atoms with E-state index in [2.05, 4.69) is 11.8 Å². The fourth-order valence-electron chi connectivity index (χ4n) is 12.4. The van der Waals surface area contributed by atoms with E-state index in [0.717, 1.165) is 25.9 Å². The molecule has 6 fully saturated rings. The highest BCUT2D eigenvalue weighted by atomic mass is 16.6. The molecule has 254 valence electrons. The van der Waals surface area contributed by atoms with Gasteiger partial charge >= 0.3 is 11.9 Å². The van der Waals surface area contributed by atoms with Crippen molar-refractivity contribution in [2.24, 2.45) is 34.5 Å². The summed E-state index contributed by atoms with van der Waals surface area (Å²) in [5, 5.41) is 12.8. The van der Waals surface area contributed by atoms with E-state index in [1.54, 1.807) is 59.8 Å². The Morgan fingerprint density at radius 1 is 0.978 bits per heavy atom. The minimum atomic E-state index is -1.51. The molecule has 1 aromatic rings. The van der Waals surface area contributed by atoms with Crippen LogP contribution in [0.1, 0.15) is 49.9 Å². The van der Waals surface area contributed by atoms with Crippen molar-refractivity contribution >= 4 is 11.9 Å². The molecule has 5 saturated carbocycles. The van der Waals surface area contributed by atoms with E-state index in [0.29, 0.717) is 24.3 Å². The molecule has 6 aliphatic rings. The first-order valence-electron chi connectivity index (χ1n) is 16.6. The van der Waals surface area contributed by atoms with E-state index in [4.69, 9.17) is 33.2 Å². The lowest BCUT2D eigenvalue weighted by molar-refractivity contribution is -0.287. The molecule has 0 radical (unpaired) electrons. The number of hydrogen-bond acceptors (Lipinski definition) is 11. The van der Waals surface area contributed by atoms with Crippen molar-refractivity contribution in [3.05, 3.63) is 29.8 Å². The number of nitrogens with zero attached hydrogens (tertiary/aromatic N) is 1. The Morgan fingerprint density at radius 2 is 1.70 bits per heavy atom. The molecule has 11 heteroatoms. The molecule has 13 atom stereocenters. The van der Waals surface area contributed by atoms with Gasteiger partial charge in [0, 0.05) is 83.0 Å². The van der Waals surface area contributed by atoms with Crippen LogP contribution in [0.15, 0.2) is 24.3 Å². The summed E-state index contributed by atoms with van der Waals surface area (Å²) in [4.78, 5) is 29.7. The van der Waals surface area contributed by atoms with Gasteiger partial charge < -0.3 is 38.3 Å². The van der Waals surface area contributed by atoms with Crippen molar-refractivity contribution in [3.8, 4) is 5.75 Å². The highest BCUT2D eigenvalue weighted by molar-refractivity contribution is 5.89. The summed E-state index contributed by atoms with van der Waals surface area (Å²) in [6.45, 7) is 5.80. The van der Waals surface area contributed by atoms with Crippen LogP contribution in [-0.4, -0.2) is 119 Å².